The smallest absolute Gasteiger partial charge is 0.430 e. The Morgan fingerprint density at radius 3 is 2.08 bits per heavy atom. The van der Waals surface area contributed by atoms with Gasteiger partial charge < -0.3 is 15.2 Å². The van der Waals surface area contributed by atoms with Gasteiger partial charge in [0.2, 0.25) is 10.0 Å². The molecule has 3 rings (SSSR count). The van der Waals surface area contributed by atoms with E-state index in [1.54, 1.807) is 0 Å². The first-order chi connectivity index (χ1) is 17.0. The van der Waals surface area contributed by atoms with Gasteiger partial charge in [-0.25, -0.2) is 17.9 Å². The van der Waals surface area contributed by atoms with Crippen molar-refractivity contribution in [3.8, 4) is 0 Å². The van der Waals surface area contributed by atoms with E-state index in [1.807, 2.05) is 0 Å². The summed E-state index contributed by atoms with van der Waals surface area (Å²) in [5.41, 5.74) is -6.39. The highest BCUT2D eigenvalue weighted by atomic mass is 32.2. The number of benzene rings is 2. The number of carbonyl (C=O) groups excluding carboxylic acids is 2. The van der Waals surface area contributed by atoms with Crippen LogP contribution in [0.5, 0.6) is 0 Å². The Morgan fingerprint density at radius 1 is 1.03 bits per heavy atom. The van der Waals surface area contributed by atoms with Crippen LogP contribution in [-0.4, -0.2) is 56.9 Å². The molecule has 2 aromatic carbocycles. The second kappa shape index (κ2) is 9.50. The summed E-state index contributed by atoms with van der Waals surface area (Å²) in [5.74, 6) is -0.914. The molecule has 2 amide bonds. The number of methoxy groups -OCH3 is 1. The predicted octanol–water partition coefficient (Wildman–Crippen LogP) is 3.17. The number of sulfonamides is 1. The summed E-state index contributed by atoms with van der Waals surface area (Å²) >= 11 is 0. The predicted molar refractivity (Wildman–Crippen MR) is 114 cm³/mol. The number of nitrogens with zero attached hydrogens (tertiary/aromatic N) is 1. The number of alkyl halides is 6. The van der Waals surface area contributed by atoms with Crippen LogP contribution in [0.3, 0.4) is 0 Å². The van der Waals surface area contributed by atoms with Gasteiger partial charge in [0.05, 0.1) is 18.6 Å². The molecule has 1 unspecified atom stereocenters. The molecule has 1 atom stereocenters. The minimum absolute atomic E-state index is 0.142. The van der Waals surface area contributed by atoms with Crippen molar-refractivity contribution in [2.24, 2.45) is 0 Å². The molecule has 1 aliphatic rings. The van der Waals surface area contributed by atoms with Crippen molar-refractivity contribution in [1.29, 1.82) is 0 Å². The van der Waals surface area contributed by atoms with Crippen LogP contribution in [0.25, 0.3) is 0 Å². The second-order valence-corrected chi connectivity index (χ2v) is 9.73. The Kier molecular flexibility index (Phi) is 7.24. The van der Waals surface area contributed by atoms with Crippen molar-refractivity contribution in [2.75, 3.05) is 19.5 Å². The van der Waals surface area contributed by atoms with Gasteiger partial charge in [0, 0.05) is 11.3 Å². The van der Waals surface area contributed by atoms with Gasteiger partial charge in [-0.3, -0.25) is 9.69 Å². The molecule has 0 bridgehead atoms. The van der Waals surface area contributed by atoms with Gasteiger partial charge in [-0.15, -0.1) is 0 Å². The van der Waals surface area contributed by atoms with E-state index in [9.17, 15) is 49.5 Å². The molecule has 0 aromatic heterocycles. The maximum absolute atomic E-state index is 13.1. The summed E-state index contributed by atoms with van der Waals surface area (Å²) in [6, 6.07) is 4.51. The molecule has 3 N–H and O–H groups in total. The van der Waals surface area contributed by atoms with Crippen molar-refractivity contribution >= 4 is 27.7 Å². The standard InChI is InChI=1S/C21H19F6N3O6S/c1-28-37(34,35)14-7-8-15-11(9-14)10-30(18(32)36-2)16(15)17(31)29-13-5-3-12(4-6-13)19(33,20(22,23)24)21(25,26)27/h3-9,16,28,33H,10H2,1-2H3,(H,29,31). The number of ether oxygens (including phenoxy) is 1. The van der Waals surface area contributed by atoms with Crippen molar-refractivity contribution in [1.82, 2.24) is 9.62 Å². The number of aliphatic hydroxyl groups is 1. The van der Waals surface area contributed by atoms with Crippen molar-refractivity contribution < 1.29 is 54.2 Å². The summed E-state index contributed by atoms with van der Waals surface area (Å²) in [6.45, 7) is -0.226. The zero-order valence-corrected chi connectivity index (χ0v) is 19.8. The molecule has 0 fully saturated rings. The third-order valence-electron chi connectivity index (χ3n) is 5.69. The Labute approximate surface area is 206 Å². The average molecular weight is 555 g/mol. The number of hydrogen-bond acceptors (Lipinski definition) is 6. The largest absolute Gasteiger partial charge is 0.453 e. The summed E-state index contributed by atoms with van der Waals surface area (Å²) < 4.78 is 110. The van der Waals surface area contributed by atoms with E-state index in [4.69, 9.17) is 0 Å². The topological polar surface area (TPSA) is 125 Å². The van der Waals surface area contributed by atoms with Gasteiger partial charge >= 0.3 is 18.4 Å². The minimum Gasteiger partial charge on any atom is -0.453 e. The van der Waals surface area contributed by atoms with Crippen LogP contribution in [-0.2, 0) is 31.7 Å². The van der Waals surface area contributed by atoms with E-state index in [0.29, 0.717) is 12.1 Å². The fourth-order valence-electron chi connectivity index (χ4n) is 3.78. The summed E-state index contributed by atoms with van der Waals surface area (Å²) in [6.07, 6.45) is -13.1. The van der Waals surface area contributed by atoms with Crippen LogP contribution in [0.1, 0.15) is 22.7 Å². The van der Waals surface area contributed by atoms with E-state index >= 15 is 0 Å². The van der Waals surface area contributed by atoms with Gasteiger partial charge in [0.1, 0.15) is 6.04 Å². The lowest BCUT2D eigenvalue weighted by molar-refractivity contribution is -0.376. The third kappa shape index (κ3) is 4.95. The lowest BCUT2D eigenvalue weighted by Gasteiger charge is -2.32. The van der Waals surface area contributed by atoms with E-state index < -0.39 is 51.6 Å². The number of anilines is 1. The van der Waals surface area contributed by atoms with Gasteiger partial charge in [-0.05, 0) is 42.4 Å². The van der Waals surface area contributed by atoms with E-state index in [1.165, 1.54) is 25.2 Å². The molecule has 2 aromatic rings. The third-order valence-corrected chi connectivity index (χ3v) is 7.10. The molecule has 0 radical (unpaired) electrons. The van der Waals surface area contributed by atoms with Crippen molar-refractivity contribution in [3.63, 3.8) is 0 Å². The zero-order chi connectivity index (χ0) is 28.0. The first kappa shape index (κ1) is 28.2. The monoisotopic (exact) mass is 555 g/mol. The molecule has 0 spiro atoms. The lowest BCUT2D eigenvalue weighted by Crippen LogP contribution is -2.53. The van der Waals surface area contributed by atoms with Crippen LogP contribution in [0.15, 0.2) is 47.4 Å². The summed E-state index contributed by atoms with van der Waals surface area (Å²) in [7, 11) is -1.62. The fraction of sp³-hybridized carbons (Fsp3) is 0.333. The minimum atomic E-state index is -6.08. The van der Waals surface area contributed by atoms with Crippen molar-refractivity contribution in [2.45, 2.75) is 35.4 Å². The Bertz CT molecular complexity index is 1300. The average Bonchev–Trinajstić information content (AvgIpc) is 3.21. The molecule has 9 nitrogen and oxygen atoms in total. The molecule has 0 saturated heterocycles. The number of carbonyl (C=O) groups is 2. The number of fused-ring (bicyclic) bond motifs is 1. The first-order valence-electron chi connectivity index (χ1n) is 10.2. The van der Waals surface area contributed by atoms with Crippen LogP contribution in [0.4, 0.5) is 36.8 Å². The maximum atomic E-state index is 13.1. The van der Waals surface area contributed by atoms with Gasteiger partial charge in [-0.2, -0.15) is 26.3 Å². The van der Waals surface area contributed by atoms with Crippen molar-refractivity contribution in [3.05, 3.63) is 59.2 Å². The molecule has 16 heteroatoms. The number of rotatable bonds is 5. The first-order valence-corrected chi connectivity index (χ1v) is 11.6. The summed E-state index contributed by atoms with van der Waals surface area (Å²) in [4.78, 5) is 26.1. The van der Waals surface area contributed by atoms with Crippen LogP contribution >= 0.6 is 0 Å². The zero-order valence-electron chi connectivity index (χ0n) is 18.9. The van der Waals surface area contributed by atoms with E-state index in [2.05, 4.69) is 14.8 Å². The van der Waals surface area contributed by atoms with Gasteiger partial charge in [0.25, 0.3) is 11.5 Å². The summed E-state index contributed by atoms with van der Waals surface area (Å²) in [5, 5.41) is 11.8. The van der Waals surface area contributed by atoms with Crippen LogP contribution in [0.2, 0.25) is 0 Å². The normalized spacial score (nSPS) is 16.4. The molecule has 0 aliphatic carbocycles. The lowest BCUT2D eigenvalue weighted by atomic mass is 9.92. The van der Waals surface area contributed by atoms with Crippen LogP contribution in [0, 0.1) is 0 Å². The van der Waals surface area contributed by atoms with Gasteiger partial charge in [0.15, 0.2) is 0 Å². The second-order valence-electron chi connectivity index (χ2n) is 7.84. The van der Waals surface area contributed by atoms with E-state index in [0.717, 1.165) is 24.1 Å². The molecule has 1 heterocycles. The quantitative estimate of drug-likeness (QED) is 0.487. The highest BCUT2D eigenvalue weighted by Crippen LogP contribution is 2.50. The molecule has 0 saturated carbocycles. The maximum Gasteiger partial charge on any atom is 0.430 e. The fourth-order valence-corrected chi connectivity index (χ4v) is 4.56. The van der Waals surface area contributed by atoms with Crippen LogP contribution < -0.4 is 10.0 Å². The Hall–Kier alpha value is -3.37. The van der Waals surface area contributed by atoms with E-state index in [-0.39, 0.29) is 28.3 Å². The molecule has 202 valence electrons. The Morgan fingerprint density at radius 2 is 1.59 bits per heavy atom. The molecular weight excluding hydrogens is 536 g/mol. The number of amides is 2. The number of halogens is 6. The SMILES string of the molecule is CNS(=O)(=O)c1ccc2c(c1)CN(C(=O)OC)C2C(=O)Nc1ccc(C(O)(C(F)(F)F)C(F)(F)F)cc1. The molecule has 1 aliphatic heterocycles. The van der Waals surface area contributed by atoms with Gasteiger partial charge in [-0.1, -0.05) is 18.2 Å². The Balaban J connectivity index is 1.94. The number of nitrogens with one attached hydrogen (secondary N) is 2. The molecular formula is C21H19F6N3O6S. The highest BCUT2D eigenvalue weighted by Gasteiger charge is 2.71. The molecule has 37 heavy (non-hydrogen) atoms. The highest BCUT2D eigenvalue weighted by molar-refractivity contribution is 7.89. The number of hydrogen-bond donors (Lipinski definition) is 3.